The van der Waals surface area contributed by atoms with E-state index in [1.165, 1.54) is 11.8 Å². The number of ether oxygens (including phenoxy) is 1. The molecule has 1 aromatic heterocycles. The molecule has 3 aromatic rings. The van der Waals surface area contributed by atoms with Crippen LogP contribution in [0.1, 0.15) is 19.4 Å². The number of thioether (sulfide) groups is 1. The van der Waals surface area contributed by atoms with Crippen molar-refractivity contribution < 1.29 is 9.53 Å². The average molecular weight is 368 g/mol. The van der Waals surface area contributed by atoms with Crippen molar-refractivity contribution in [1.29, 1.82) is 0 Å². The van der Waals surface area contributed by atoms with Gasteiger partial charge >= 0.3 is 5.97 Å². The van der Waals surface area contributed by atoms with Crippen LogP contribution in [-0.2, 0) is 9.53 Å². The summed E-state index contributed by atoms with van der Waals surface area (Å²) in [5.41, 5.74) is 2.28. The lowest BCUT2D eigenvalue weighted by atomic mass is 10.2. The van der Waals surface area contributed by atoms with Crippen molar-refractivity contribution in [1.82, 2.24) is 9.55 Å². The molecule has 0 N–H and O–H groups in total. The molecule has 0 saturated carbocycles. The summed E-state index contributed by atoms with van der Waals surface area (Å²) in [6, 6.07) is 14.9. The molecule has 3 rings (SSSR count). The van der Waals surface area contributed by atoms with Crippen LogP contribution in [-0.4, -0.2) is 27.4 Å². The van der Waals surface area contributed by atoms with Crippen molar-refractivity contribution in [3.63, 3.8) is 0 Å². The van der Waals surface area contributed by atoms with Crippen molar-refractivity contribution in [2.24, 2.45) is 0 Å². The van der Waals surface area contributed by atoms with Crippen molar-refractivity contribution in [2.45, 2.75) is 31.2 Å². The van der Waals surface area contributed by atoms with E-state index in [1.807, 2.05) is 43.3 Å². The Balaban J connectivity index is 2.16. The van der Waals surface area contributed by atoms with Crippen LogP contribution < -0.4 is 5.56 Å². The van der Waals surface area contributed by atoms with Crippen molar-refractivity contribution in [3.05, 3.63) is 64.4 Å². The second-order valence-corrected chi connectivity index (χ2v) is 7.21. The molecule has 1 heterocycles. The van der Waals surface area contributed by atoms with E-state index in [0.29, 0.717) is 22.7 Å². The number of rotatable bonds is 5. The highest BCUT2D eigenvalue weighted by molar-refractivity contribution is 8.00. The number of carbonyl (C=O) groups is 1. The number of hydrogen-bond donors (Lipinski definition) is 0. The molecule has 5 nitrogen and oxygen atoms in total. The summed E-state index contributed by atoms with van der Waals surface area (Å²) in [6.07, 6.45) is 0. The maximum atomic E-state index is 13.1. The van der Waals surface area contributed by atoms with Crippen LogP contribution in [0.4, 0.5) is 0 Å². The molecule has 2 aromatic carbocycles. The van der Waals surface area contributed by atoms with Gasteiger partial charge in [-0.05, 0) is 45.0 Å². The van der Waals surface area contributed by atoms with Gasteiger partial charge in [0, 0.05) is 0 Å². The lowest BCUT2D eigenvalue weighted by Crippen LogP contribution is -2.24. The van der Waals surface area contributed by atoms with Gasteiger partial charge in [-0.25, -0.2) is 4.98 Å². The van der Waals surface area contributed by atoms with E-state index in [1.54, 1.807) is 30.5 Å². The highest BCUT2D eigenvalue weighted by Crippen LogP contribution is 2.25. The van der Waals surface area contributed by atoms with E-state index in [0.717, 1.165) is 11.3 Å². The lowest BCUT2D eigenvalue weighted by Gasteiger charge is -2.16. The van der Waals surface area contributed by atoms with Gasteiger partial charge in [-0.15, -0.1) is 0 Å². The maximum absolute atomic E-state index is 13.1. The van der Waals surface area contributed by atoms with Crippen molar-refractivity contribution in [3.8, 4) is 5.69 Å². The summed E-state index contributed by atoms with van der Waals surface area (Å²) >= 11 is 1.22. The van der Waals surface area contributed by atoms with Gasteiger partial charge in [-0.2, -0.15) is 0 Å². The minimum Gasteiger partial charge on any atom is -0.465 e. The van der Waals surface area contributed by atoms with Crippen molar-refractivity contribution >= 4 is 28.6 Å². The average Bonchev–Trinajstić information content (AvgIpc) is 2.63. The smallest absolute Gasteiger partial charge is 0.319 e. The highest BCUT2D eigenvalue weighted by atomic mass is 32.2. The Labute approximate surface area is 156 Å². The fraction of sp³-hybridized carbons (Fsp3) is 0.250. The van der Waals surface area contributed by atoms with Gasteiger partial charge in [0.1, 0.15) is 5.25 Å². The molecule has 0 saturated heterocycles. The van der Waals surface area contributed by atoms with Crippen LogP contribution >= 0.6 is 11.8 Å². The van der Waals surface area contributed by atoms with Gasteiger partial charge in [0.25, 0.3) is 5.56 Å². The second kappa shape index (κ2) is 7.74. The van der Waals surface area contributed by atoms with Crippen LogP contribution in [0.3, 0.4) is 0 Å². The molecule has 0 radical (unpaired) electrons. The summed E-state index contributed by atoms with van der Waals surface area (Å²) < 4.78 is 6.64. The quantitative estimate of drug-likeness (QED) is 0.390. The molecule has 134 valence electrons. The summed E-state index contributed by atoms with van der Waals surface area (Å²) in [6.45, 7) is 5.83. The molecule has 1 atom stereocenters. The third kappa shape index (κ3) is 3.65. The number of nitrogens with zero attached hydrogens (tertiary/aromatic N) is 2. The number of carbonyl (C=O) groups excluding carboxylic acids is 1. The minimum absolute atomic E-state index is 0.155. The van der Waals surface area contributed by atoms with Crippen LogP contribution in [0, 0.1) is 6.92 Å². The fourth-order valence-electron chi connectivity index (χ4n) is 2.58. The Bertz CT molecular complexity index is 996. The monoisotopic (exact) mass is 368 g/mol. The lowest BCUT2D eigenvalue weighted by molar-refractivity contribution is -0.142. The Morgan fingerprint density at radius 3 is 2.58 bits per heavy atom. The largest absolute Gasteiger partial charge is 0.465 e. The number of hydrogen-bond acceptors (Lipinski definition) is 5. The predicted molar refractivity (Wildman–Crippen MR) is 104 cm³/mol. The molecule has 0 aliphatic heterocycles. The van der Waals surface area contributed by atoms with Gasteiger partial charge in [0.15, 0.2) is 5.16 Å². The van der Waals surface area contributed by atoms with E-state index in [2.05, 4.69) is 4.98 Å². The first-order valence-electron chi connectivity index (χ1n) is 8.43. The minimum atomic E-state index is -0.472. The summed E-state index contributed by atoms with van der Waals surface area (Å²) in [5, 5.41) is 0.541. The molecular weight excluding hydrogens is 348 g/mol. The number of fused-ring (bicyclic) bond motifs is 1. The van der Waals surface area contributed by atoms with E-state index >= 15 is 0 Å². The first-order valence-corrected chi connectivity index (χ1v) is 9.31. The first kappa shape index (κ1) is 18.2. The molecule has 0 unspecified atom stereocenters. The molecule has 0 bridgehead atoms. The van der Waals surface area contributed by atoms with Crippen LogP contribution in [0.2, 0.25) is 0 Å². The Hall–Kier alpha value is -2.60. The third-order valence-corrected chi connectivity index (χ3v) is 4.97. The number of esters is 1. The summed E-state index contributed by atoms with van der Waals surface area (Å²) in [5.74, 6) is -0.324. The van der Waals surface area contributed by atoms with Gasteiger partial charge in [-0.3, -0.25) is 14.2 Å². The second-order valence-electron chi connectivity index (χ2n) is 5.90. The topological polar surface area (TPSA) is 61.2 Å². The fourth-order valence-corrected chi connectivity index (χ4v) is 3.50. The van der Waals surface area contributed by atoms with Crippen LogP contribution in [0.5, 0.6) is 0 Å². The summed E-state index contributed by atoms with van der Waals surface area (Å²) in [7, 11) is 0. The van der Waals surface area contributed by atoms with Crippen LogP contribution in [0.25, 0.3) is 16.6 Å². The van der Waals surface area contributed by atoms with E-state index in [4.69, 9.17) is 4.74 Å². The molecule has 6 heteroatoms. The predicted octanol–water partition coefficient (Wildman–Crippen LogP) is 3.74. The molecule has 0 aliphatic carbocycles. The number of aryl methyl sites for hydroxylation is 1. The Kier molecular flexibility index (Phi) is 5.42. The molecule has 0 spiro atoms. The summed E-state index contributed by atoms with van der Waals surface area (Å²) in [4.78, 5) is 29.8. The normalized spacial score (nSPS) is 12.1. The third-order valence-electron chi connectivity index (χ3n) is 3.94. The zero-order chi connectivity index (χ0) is 18.7. The number of benzene rings is 2. The molecule has 0 fully saturated rings. The van der Waals surface area contributed by atoms with Gasteiger partial charge in [0.2, 0.25) is 0 Å². The Morgan fingerprint density at radius 2 is 1.88 bits per heavy atom. The molecule has 0 aliphatic rings. The van der Waals surface area contributed by atoms with Crippen LogP contribution in [0.15, 0.2) is 58.5 Å². The zero-order valence-electron chi connectivity index (χ0n) is 14.9. The molecule has 0 amide bonds. The van der Waals surface area contributed by atoms with E-state index in [9.17, 15) is 9.59 Å². The van der Waals surface area contributed by atoms with Crippen molar-refractivity contribution in [2.75, 3.05) is 6.61 Å². The zero-order valence-corrected chi connectivity index (χ0v) is 15.7. The SMILES string of the molecule is CCOC(=O)[C@@H](C)Sc1nc2ccccc2c(=O)n1-c1ccc(C)cc1. The maximum Gasteiger partial charge on any atom is 0.319 e. The molecule has 26 heavy (non-hydrogen) atoms. The first-order chi connectivity index (χ1) is 12.5. The standard InChI is InChI=1S/C20H20N2O3S/c1-4-25-19(24)14(3)26-20-21-17-8-6-5-7-16(17)18(23)22(20)15-11-9-13(2)10-12-15/h5-12,14H,4H2,1-3H3/t14-/m1/s1. The highest BCUT2D eigenvalue weighted by Gasteiger charge is 2.21. The Morgan fingerprint density at radius 1 is 1.19 bits per heavy atom. The number of para-hydroxylation sites is 1. The van der Waals surface area contributed by atoms with E-state index in [-0.39, 0.29) is 11.5 Å². The number of aromatic nitrogens is 2. The van der Waals surface area contributed by atoms with Gasteiger partial charge in [0.05, 0.1) is 23.2 Å². The van der Waals surface area contributed by atoms with Gasteiger partial charge < -0.3 is 4.74 Å². The van der Waals surface area contributed by atoms with E-state index < -0.39 is 5.25 Å². The van der Waals surface area contributed by atoms with Gasteiger partial charge in [-0.1, -0.05) is 41.6 Å². The molecular formula is C20H20N2O3S.